The van der Waals surface area contributed by atoms with Crippen molar-refractivity contribution in [1.29, 1.82) is 0 Å². The molecule has 0 bridgehead atoms. The van der Waals surface area contributed by atoms with Crippen molar-refractivity contribution in [2.24, 2.45) is 0 Å². The minimum Gasteiger partial charge on any atom is -0.452 e. The van der Waals surface area contributed by atoms with Crippen LogP contribution < -0.4 is 5.73 Å². The molecule has 6 heteroatoms. The van der Waals surface area contributed by atoms with Gasteiger partial charge in [0.15, 0.2) is 10.5 Å². The Kier molecular flexibility index (Phi) is 2.52. The van der Waals surface area contributed by atoms with Crippen molar-refractivity contribution in [3.05, 3.63) is 33.8 Å². The fraction of sp³-hybridized carbons (Fsp3) is 0.125. The van der Waals surface area contributed by atoms with E-state index < -0.39 is 0 Å². The number of nitrogens with zero attached hydrogens (tertiary/aromatic N) is 2. The third-order valence-corrected chi connectivity index (χ3v) is 2.41. The lowest BCUT2D eigenvalue weighted by Crippen LogP contribution is -1.99. The van der Waals surface area contributed by atoms with Crippen molar-refractivity contribution in [2.45, 2.75) is 6.54 Å². The van der Waals surface area contributed by atoms with Gasteiger partial charge in [-0.25, -0.2) is 0 Å². The number of hydrogen-bond donors (Lipinski definition) is 1. The number of halogens is 2. The van der Waals surface area contributed by atoms with Crippen LogP contribution in [0.4, 0.5) is 5.82 Å². The molecule has 0 aliphatic carbocycles. The Morgan fingerprint density at radius 3 is 2.86 bits per heavy atom. The summed E-state index contributed by atoms with van der Waals surface area (Å²) in [7, 11) is 0. The summed E-state index contributed by atoms with van der Waals surface area (Å²) in [6, 6.07) is 3.68. The first-order valence-corrected chi connectivity index (χ1v) is 5.05. The van der Waals surface area contributed by atoms with Gasteiger partial charge in [0.25, 0.3) is 0 Å². The van der Waals surface area contributed by atoms with Crippen molar-refractivity contribution in [3.8, 4) is 0 Å². The molecule has 0 radical (unpaired) electrons. The van der Waals surface area contributed by atoms with E-state index in [4.69, 9.17) is 21.8 Å². The predicted octanol–water partition coefficient (Wildman–Crippen LogP) is 2.52. The molecule has 0 fully saturated rings. The lowest BCUT2D eigenvalue weighted by Gasteiger charge is -1.95. The Hall–Kier alpha value is -0.940. The maximum atomic E-state index is 5.75. The molecule has 0 aliphatic heterocycles. The summed E-state index contributed by atoms with van der Waals surface area (Å²) in [6.45, 7) is 0.516. The number of nitrogen functional groups attached to an aromatic ring is 1. The summed E-state index contributed by atoms with van der Waals surface area (Å²) in [5.41, 5.74) is 5.50. The number of furan rings is 1. The molecule has 0 unspecified atom stereocenters. The third kappa shape index (κ3) is 1.93. The molecule has 0 aliphatic rings. The van der Waals surface area contributed by atoms with E-state index in [0.29, 0.717) is 22.1 Å². The van der Waals surface area contributed by atoms with Crippen molar-refractivity contribution in [3.63, 3.8) is 0 Å². The van der Waals surface area contributed by atoms with Crippen LogP contribution in [-0.4, -0.2) is 9.78 Å². The number of rotatable bonds is 2. The molecular formula is C8H7BrClN3O. The maximum Gasteiger partial charge on any atom is 0.169 e. The molecule has 2 N–H and O–H groups in total. The zero-order valence-electron chi connectivity index (χ0n) is 7.08. The molecule has 0 spiro atoms. The van der Waals surface area contributed by atoms with Gasteiger partial charge in [-0.2, -0.15) is 5.10 Å². The van der Waals surface area contributed by atoms with E-state index >= 15 is 0 Å². The monoisotopic (exact) mass is 275 g/mol. The zero-order valence-corrected chi connectivity index (χ0v) is 9.42. The Morgan fingerprint density at radius 1 is 1.57 bits per heavy atom. The molecule has 2 aromatic rings. The first-order chi connectivity index (χ1) is 6.65. The lowest BCUT2D eigenvalue weighted by molar-refractivity contribution is 0.463. The molecule has 14 heavy (non-hydrogen) atoms. The summed E-state index contributed by atoms with van der Waals surface area (Å²) in [4.78, 5) is 0. The van der Waals surface area contributed by atoms with Crippen molar-refractivity contribution in [2.75, 3.05) is 5.73 Å². The molecule has 0 amide bonds. The highest BCUT2D eigenvalue weighted by Crippen LogP contribution is 2.18. The first-order valence-electron chi connectivity index (χ1n) is 3.88. The second-order valence-electron chi connectivity index (χ2n) is 2.77. The maximum absolute atomic E-state index is 5.75. The van der Waals surface area contributed by atoms with E-state index in [9.17, 15) is 0 Å². The van der Waals surface area contributed by atoms with Crippen molar-refractivity contribution < 1.29 is 4.42 Å². The first kappa shape index (κ1) is 9.61. The Bertz CT molecular complexity index is 432. The van der Waals surface area contributed by atoms with Crippen LogP contribution in [0.2, 0.25) is 5.02 Å². The molecule has 74 valence electrons. The van der Waals surface area contributed by atoms with Crippen molar-refractivity contribution >= 4 is 33.3 Å². The summed E-state index contributed by atoms with van der Waals surface area (Å²) in [5.74, 6) is 1.12. The lowest BCUT2D eigenvalue weighted by atomic mass is 10.4. The van der Waals surface area contributed by atoms with Gasteiger partial charge in [0.05, 0.1) is 6.54 Å². The van der Waals surface area contributed by atoms with Crippen LogP contribution in [-0.2, 0) is 6.54 Å². The van der Waals surface area contributed by atoms with E-state index in [-0.39, 0.29) is 0 Å². The van der Waals surface area contributed by atoms with E-state index in [2.05, 4.69) is 21.0 Å². The number of aromatic nitrogens is 2. The minimum absolute atomic E-state index is 0.331. The van der Waals surface area contributed by atoms with Gasteiger partial charge in [0, 0.05) is 6.20 Å². The summed E-state index contributed by atoms with van der Waals surface area (Å²) < 4.78 is 7.63. The fourth-order valence-corrected chi connectivity index (χ4v) is 1.58. The van der Waals surface area contributed by atoms with Crippen LogP contribution in [0, 0.1) is 0 Å². The zero-order chi connectivity index (χ0) is 10.1. The van der Waals surface area contributed by atoms with Crippen LogP contribution in [0.3, 0.4) is 0 Å². The standard InChI is InChI=1S/C8H7BrClN3O/c9-7-2-1-5(14-7)3-13-4-6(10)8(11)12-13/h1-2,4H,3H2,(H2,11,12). The molecule has 2 rings (SSSR count). The largest absolute Gasteiger partial charge is 0.452 e. The van der Waals surface area contributed by atoms with E-state index in [1.54, 1.807) is 10.9 Å². The number of nitrogens with two attached hydrogens (primary N) is 1. The molecule has 0 atom stereocenters. The minimum atomic E-state index is 0.331. The van der Waals surface area contributed by atoms with Crippen LogP contribution >= 0.6 is 27.5 Å². The van der Waals surface area contributed by atoms with E-state index in [0.717, 1.165) is 5.76 Å². The predicted molar refractivity (Wildman–Crippen MR) is 57.2 cm³/mol. The highest BCUT2D eigenvalue weighted by molar-refractivity contribution is 9.10. The Balaban J connectivity index is 2.18. The Labute approximate surface area is 93.8 Å². The smallest absolute Gasteiger partial charge is 0.169 e. The molecule has 4 nitrogen and oxygen atoms in total. The number of hydrogen-bond acceptors (Lipinski definition) is 3. The van der Waals surface area contributed by atoms with Crippen LogP contribution in [0.1, 0.15) is 5.76 Å². The van der Waals surface area contributed by atoms with Gasteiger partial charge in [0.2, 0.25) is 0 Å². The van der Waals surface area contributed by atoms with Gasteiger partial charge in [-0.05, 0) is 28.1 Å². The Morgan fingerprint density at radius 2 is 2.36 bits per heavy atom. The highest BCUT2D eigenvalue weighted by atomic mass is 79.9. The summed E-state index contributed by atoms with van der Waals surface area (Å²) in [5, 5.41) is 4.46. The molecule has 0 saturated heterocycles. The molecule has 0 saturated carbocycles. The normalized spacial score (nSPS) is 10.7. The second kappa shape index (κ2) is 3.67. The molecule has 0 aromatic carbocycles. The average molecular weight is 277 g/mol. The summed E-state index contributed by atoms with van der Waals surface area (Å²) >= 11 is 8.97. The average Bonchev–Trinajstić information content (AvgIpc) is 2.62. The van der Waals surface area contributed by atoms with Gasteiger partial charge in [0.1, 0.15) is 10.8 Å². The molecular weight excluding hydrogens is 269 g/mol. The topological polar surface area (TPSA) is 57.0 Å². The fourth-order valence-electron chi connectivity index (χ4n) is 1.09. The van der Waals surface area contributed by atoms with Crippen LogP contribution in [0.5, 0.6) is 0 Å². The second-order valence-corrected chi connectivity index (χ2v) is 3.95. The highest BCUT2D eigenvalue weighted by Gasteiger charge is 2.05. The SMILES string of the molecule is Nc1nn(Cc2ccc(Br)o2)cc1Cl. The van der Waals surface area contributed by atoms with Gasteiger partial charge in [-0.15, -0.1) is 0 Å². The van der Waals surface area contributed by atoms with E-state index in [1.807, 2.05) is 12.1 Å². The summed E-state index contributed by atoms with van der Waals surface area (Å²) in [6.07, 6.45) is 1.66. The van der Waals surface area contributed by atoms with Gasteiger partial charge < -0.3 is 10.2 Å². The molecule has 2 heterocycles. The molecule has 2 aromatic heterocycles. The van der Waals surface area contributed by atoms with Crippen LogP contribution in [0.15, 0.2) is 27.4 Å². The van der Waals surface area contributed by atoms with Crippen molar-refractivity contribution in [1.82, 2.24) is 9.78 Å². The third-order valence-electron chi connectivity index (χ3n) is 1.69. The van der Waals surface area contributed by atoms with Crippen LogP contribution in [0.25, 0.3) is 0 Å². The van der Waals surface area contributed by atoms with Gasteiger partial charge in [-0.1, -0.05) is 11.6 Å². The van der Waals surface area contributed by atoms with E-state index in [1.165, 1.54) is 0 Å². The van der Waals surface area contributed by atoms with Gasteiger partial charge >= 0.3 is 0 Å². The van der Waals surface area contributed by atoms with Gasteiger partial charge in [-0.3, -0.25) is 4.68 Å². The number of anilines is 1. The quantitative estimate of drug-likeness (QED) is 0.917.